The summed E-state index contributed by atoms with van der Waals surface area (Å²) in [6.07, 6.45) is 5.86. The van der Waals surface area contributed by atoms with E-state index in [4.69, 9.17) is 9.47 Å². The molecule has 0 radical (unpaired) electrons. The lowest BCUT2D eigenvalue weighted by Crippen LogP contribution is -2.39. The molecule has 4 heterocycles. The number of benzene rings is 2. The Balaban J connectivity index is 1.49. The number of aromatic nitrogens is 2. The van der Waals surface area contributed by atoms with E-state index in [1.54, 1.807) is 31.6 Å². The highest BCUT2D eigenvalue weighted by Gasteiger charge is 2.33. The summed E-state index contributed by atoms with van der Waals surface area (Å²) >= 11 is 4.82. The molecular weight excluding hydrogens is 632 g/mol. The minimum Gasteiger partial charge on any atom is -0.496 e. The third-order valence-electron chi connectivity index (χ3n) is 7.88. The lowest BCUT2D eigenvalue weighted by Gasteiger charge is -2.25. The molecular formula is C32H31BrN4O5S. The first-order chi connectivity index (χ1) is 20.8. The van der Waals surface area contributed by atoms with Gasteiger partial charge in [-0.3, -0.25) is 14.2 Å². The van der Waals surface area contributed by atoms with Gasteiger partial charge in [-0.2, -0.15) is 0 Å². The summed E-state index contributed by atoms with van der Waals surface area (Å²) in [7, 11) is 1.58. The lowest BCUT2D eigenvalue weighted by atomic mass is 9.96. The third kappa shape index (κ3) is 5.36. The number of likely N-dealkylation sites (tertiary alicyclic amines) is 1. The summed E-state index contributed by atoms with van der Waals surface area (Å²) in [4.78, 5) is 47.4. The maximum absolute atomic E-state index is 14.1. The third-order valence-corrected chi connectivity index (χ3v) is 9.48. The zero-order valence-electron chi connectivity index (χ0n) is 24.1. The van der Waals surface area contributed by atoms with Crippen molar-refractivity contribution in [2.75, 3.05) is 26.8 Å². The highest BCUT2D eigenvalue weighted by atomic mass is 79.9. The molecule has 9 nitrogen and oxygen atoms in total. The minimum absolute atomic E-state index is 0.0943. The molecule has 2 aliphatic rings. The SMILES string of the molecule is CCOC(=O)C1=C(C)N=c2s/c(=C/c3cn(CC(=O)N4CCCC4)c4ccccc34)c(=O)n2[C@H]1c1ccc(OC)c(Br)c1. The molecule has 1 saturated heterocycles. The maximum Gasteiger partial charge on any atom is 0.338 e. The number of thiazole rings is 1. The molecule has 0 spiro atoms. The fourth-order valence-electron chi connectivity index (χ4n) is 5.83. The molecule has 0 aliphatic carbocycles. The molecule has 4 aromatic rings. The van der Waals surface area contributed by atoms with Crippen molar-refractivity contribution in [2.24, 2.45) is 4.99 Å². The van der Waals surface area contributed by atoms with Gasteiger partial charge in [-0.15, -0.1) is 0 Å². The summed E-state index contributed by atoms with van der Waals surface area (Å²) in [5.74, 6) is 0.214. The van der Waals surface area contributed by atoms with Crippen LogP contribution in [-0.2, 0) is 20.9 Å². The van der Waals surface area contributed by atoms with Crippen LogP contribution in [0.3, 0.4) is 0 Å². The predicted octanol–water partition coefficient (Wildman–Crippen LogP) is 4.15. The Kier molecular flexibility index (Phi) is 8.11. The van der Waals surface area contributed by atoms with Crippen LogP contribution in [0.5, 0.6) is 5.75 Å². The van der Waals surface area contributed by atoms with Crippen LogP contribution in [0.15, 0.2) is 74.2 Å². The molecule has 1 fully saturated rings. The number of allylic oxidation sites excluding steroid dienone is 1. The topological polar surface area (TPSA) is 95.1 Å². The van der Waals surface area contributed by atoms with E-state index in [0.29, 0.717) is 30.8 Å². The second kappa shape index (κ2) is 12.0. The monoisotopic (exact) mass is 662 g/mol. The second-order valence-electron chi connectivity index (χ2n) is 10.5. The Morgan fingerprint density at radius 3 is 2.65 bits per heavy atom. The van der Waals surface area contributed by atoms with Gasteiger partial charge in [0.25, 0.3) is 5.56 Å². The standard InChI is InChI=1S/C32H31BrN4O5S/c1-4-42-31(40)28-19(2)34-32-37(29(28)20-11-12-25(41-3)23(33)15-20)30(39)26(43-32)16-21-17-36(24-10-6-5-9-22(21)24)18-27(38)35-13-7-8-14-35/h5-6,9-12,15-17,29H,4,7-8,13-14,18H2,1-3H3/b26-16+/t29-/m0/s1. The molecule has 1 atom stereocenters. The van der Waals surface area contributed by atoms with Gasteiger partial charge in [-0.05, 0) is 72.5 Å². The Morgan fingerprint density at radius 2 is 1.93 bits per heavy atom. The minimum atomic E-state index is -0.737. The number of nitrogens with zero attached hydrogens (tertiary/aromatic N) is 4. The highest BCUT2D eigenvalue weighted by molar-refractivity contribution is 9.10. The lowest BCUT2D eigenvalue weighted by molar-refractivity contribution is -0.139. The van der Waals surface area contributed by atoms with Crippen LogP contribution in [0, 0.1) is 0 Å². The van der Waals surface area contributed by atoms with E-state index in [-0.39, 0.29) is 24.6 Å². The normalized spacial score (nSPS) is 16.9. The molecule has 2 aromatic carbocycles. The van der Waals surface area contributed by atoms with Gasteiger partial charge in [-0.1, -0.05) is 35.6 Å². The average molecular weight is 664 g/mol. The number of carbonyl (C=O) groups excluding carboxylic acids is 2. The van der Waals surface area contributed by atoms with Crippen molar-refractivity contribution in [3.05, 3.63) is 95.2 Å². The van der Waals surface area contributed by atoms with E-state index in [2.05, 4.69) is 20.9 Å². The zero-order valence-corrected chi connectivity index (χ0v) is 26.5. The van der Waals surface area contributed by atoms with E-state index < -0.39 is 12.0 Å². The summed E-state index contributed by atoms with van der Waals surface area (Å²) in [6.45, 7) is 5.54. The first-order valence-electron chi connectivity index (χ1n) is 14.2. The van der Waals surface area contributed by atoms with Crippen molar-refractivity contribution < 1.29 is 19.1 Å². The van der Waals surface area contributed by atoms with Crippen LogP contribution in [0.25, 0.3) is 17.0 Å². The number of esters is 1. The molecule has 2 aromatic heterocycles. The zero-order chi connectivity index (χ0) is 30.2. The van der Waals surface area contributed by atoms with E-state index >= 15 is 0 Å². The number of hydrogen-bond acceptors (Lipinski definition) is 7. The largest absolute Gasteiger partial charge is 0.496 e. The number of ether oxygens (including phenoxy) is 2. The van der Waals surface area contributed by atoms with Crippen molar-refractivity contribution in [3.63, 3.8) is 0 Å². The van der Waals surface area contributed by atoms with Gasteiger partial charge in [0.1, 0.15) is 12.3 Å². The van der Waals surface area contributed by atoms with Crippen molar-refractivity contribution in [3.8, 4) is 5.75 Å². The Hall–Kier alpha value is -3.96. The molecule has 0 bridgehead atoms. The average Bonchev–Trinajstić information content (AvgIpc) is 3.72. The summed E-state index contributed by atoms with van der Waals surface area (Å²) in [6, 6.07) is 12.6. The molecule has 2 aliphatic heterocycles. The highest BCUT2D eigenvalue weighted by Crippen LogP contribution is 2.35. The van der Waals surface area contributed by atoms with Crippen LogP contribution in [-0.4, -0.2) is 52.7 Å². The second-order valence-corrected chi connectivity index (χ2v) is 12.4. The summed E-state index contributed by atoms with van der Waals surface area (Å²) < 4.78 is 15.5. The van der Waals surface area contributed by atoms with Gasteiger partial charge < -0.3 is 18.9 Å². The molecule has 0 unspecified atom stereocenters. The number of rotatable bonds is 7. The summed E-state index contributed by atoms with van der Waals surface area (Å²) in [5.41, 5.74) is 3.03. The number of hydrogen-bond donors (Lipinski definition) is 0. The molecule has 11 heteroatoms. The van der Waals surface area contributed by atoms with Crippen molar-refractivity contribution in [1.82, 2.24) is 14.0 Å². The van der Waals surface area contributed by atoms with Crippen molar-refractivity contribution in [1.29, 1.82) is 0 Å². The Morgan fingerprint density at radius 1 is 1.16 bits per heavy atom. The van der Waals surface area contributed by atoms with Crippen molar-refractivity contribution >= 4 is 56.1 Å². The molecule has 43 heavy (non-hydrogen) atoms. The number of carbonyl (C=O) groups is 2. The Labute approximate surface area is 260 Å². The van der Waals surface area contributed by atoms with Gasteiger partial charge in [0.05, 0.1) is 40.0 Å². The van der Waals surface area contributed by atoms with Gasteiger partial charge in [0, 0.05) is 35.8 Å². The van der Waals surface area contributed by atoms with Gasteiger partial charge in [0.15, 0.2) is 4.80 Å². The van der Waals surface area contributed by atoms with E-state index in [0.717, 1.165) is 48.0 Å². The Bertz CT molecular complexity index is 1970. The van der Waals surface area contributed by atoms with Gasteiger partial charge in [-0.25, -0.2) is 9.79 Å². The summed E-state index contributed by atoms with van der Waals surface area (Å²) in [5, 5.41) is 0.946. The van der Waals surface area contributed by atoms with Gasteiger partial charge >= 0.3 is 5.97 Å². The molecule has 1 amide bonds. The fourth-order valence-corrected chi connectivity index (χ4v) is 7.43. The van der Waals surface area contributed by atoms with Gasteiger partial charge in [0.2, 0.25) is 5.91 Å². The fraction of sp³-hybridized carbons (Fsp3) is 0.312. The van der Waals surface area contributed by atoms with E-state index in [9.17, 15) is 14.4 Å². The maximum atomic E-state index is 14.1. The van der Waals surface area contributed by atoms with Crippen molar-refractivity contribution in [2.45, 2.75) is 39.3 Å². The number of methoxy groups -OCH3 is 1. The van der Waals surface area contributed by atoms with E-state index in [1.807, 2.05) is 58.1 Å². The van der Waals surface area contributed by atoms with Crippen LogP contribution in [0.4, 0.5) is 0 Å². The number of para-hydroxylation sites is 1. The molecule has 0 saturated carbocycles. The molecule has 222 valence electrons. The molecule has 0 N–H and O–H groups in total. The number of amides is 1. The van der Waals surface area contributed by atoms with Crippen LogP contribution in [0.2, 0.25) is 0 Å². The molecule has 6 rings (SSSR count). The number of fused-ring (bicyclic) bond motifs is 2. The first kappa shape index (κ1) is 29.1. The van der Waals surface area contributed by atoms with Crippen LogP contribution >= 0.6 is 27.3 Å². The predicted molar refractivity (Wildman–Crippen MR) is 169 cm³/mol. The number of halogens is 1. The van der Waals surface area contributed by atoms with Crippen LogP contribution < -0.4 is 19.6 Å². The first-order valence-corrected chi connectivity index (χ1v) is 15.8. The quantitative estimate of drug-likeness (QED) is 0.277. The smallest absolute Gasteiger partial charge is 0.338 e. The van der Waals surface area contributed by atoms with E-state index in [1.165, 1.54) is 11.3 Å². The van der Waals surface area contributed by atoms with Crippen LogP contribution in [0.1, 0.15) is 43.9 Å².